The molecular formula is C8H8O6S. The van der Waals surface area contributed by atoms with Gasteiger partial charge in [-0.3, -0.25) is 4.55 Å². The van der Waals surface area contributed by atoms with Crippen LogP contribution in [0, 0.1) is 0 Å². The van der Waals surface area contributed by atoms with E-state index in [1.807, 2.05) is 0 Å². The smallest absolute Gasteiger partial charge is 0.339 e. The van der Waals surface area contributed by atoms with Gasteiger partial charge in [0.15, 0.2) is 0 Å². The zero-order valence-electron chi connectivity index (χ0n) is 7.41. The van der Waals surface area contributed by atoms with E-state index in [0.29, 0.717) is 0 Å². The number of carboxylic acids is 1. The number of para-hydroxylation sites is 1. The summed E-state index contributed by atoms with van der Waals surface area (Å²) >= 11 is 0. The maximum atomic E-state index is 10.6. The van der Waals surface area contributed by atoms with Crippen LogP contribution in [0.3, 0.4) is 0 Å². The fourth-order valence-corrected chi connectivity index (χ4v) is 1.70. The van der Waals surface area contributed by atoms with Gasteiger partial charge in [0.1, 0.15) is 17.1 Å². The molecule has 0 atom stereocenters. The third kappa shape index (κ3) is 2.93. The highest BCUT2D eigenvalue weighted by molar-refractivity contribution is 7.85. The second kappa shape index (κ2) is 3.87. The van der Waals surface area contributed by atoms with Gasteiger partial charge >= 0.3 is 5.97 Å². The van der Waals surface area contributed by atoms with Crippen molar-refractivity contribution >= 4 is 16.1 Å². The Hall–Kier alpha value is -1.60. The van der Waals surface area contributed by atoms with Crippen LogP contribution in [0.15, 0.2) is 18.2 Å². The Morgan fingerprint density at radius 1 is 1.33 bits per heavy atom. The highest BCUT2D eigenvalue weighted by Gasteiger charge is 2.16. The van der Waals surface area contributed by atoms with Crippen LogP contribution in [0.25, 0.3) is 0 Å². The largest absolute Gasteiger partial charge is 0.507 e. The van der Waals surface area contributed by atoms with Crippen LogP contribution in [0.5, 0.6) is 5.75 Å². The summed E-state index contributed by atoms with van der Waals surface area (Å²) in [6.45, 7) is 0. The first-order valence-electron chi connectivity index (χ1n) is 3.80. The summed E-state index contributed by atoms with van der Waals surface area (Å²) in [6.07, 6.45) is 0. The predicted octanol–water partition coefficient (Wildman–Crippen LogP) is 0.478. The van der Waals surface area contributed by atoms with Crippen LogP contribution in [0.1, 0.15) is 15.9 Å². The molecule has 0 aromatic heterocycles. The van der Waals surface area contributed by atoms with Crippen LogP contribution in [0.4, 0.5) is 0 Å². The van der Waals surface area contributed by atoms with Gasteiger partial charge < -0.3 is 10.2 Å². The molecule has 0 saturated carbocycles. The molecule has 3 N–H and O–H groups in total. The Labute approximate surface area is 85.5 Å². The first-order valence-corrected chi connectivity index (χ1v) is 5.41. The summed E-state index contributed by atoms with van der Waals surface area (Å²) < 4.78 is 29.6. The van der Waals surface area contributed by atoms with Crippen molar-refractivity contribution in [3.05, 3.63) is 29.3 Å². The van der Waals surface area contributed by atoms with E-state index in [1.54, 1.807) is 0 Å². The lowest BCUT2D eigenvalue weighted by atomic mass is 10.1. The van der Waals surface area contributed by atoms with Gasteiger partial charge in [0.05, 0.1) is 0 Å². The zero-order valence-corrected chi connectivity index (χ0v) is 8.23. The zero-order chi connectivity index (χ0) is 11.6. The third-order valence-electron chi connectivity index (χ3n) is 1.69. The van der Waals surface area contributed by atoms with E-state index in [1.165, 1.54) is 12.1 Å². The molecule has 0 aliphatic carbocycles. The first-order chi connectivity index (χ1) is 6.81. The topological polar surface area (TPSA) is 112 Å². The van der Waals surface area contributed by atoms with Crippen molar-refractivity contribution in [1.29, 1.82) is 0 Å². The molecule has 1 aromatic rings. The second-order valence-corrected chi connectivity index (χ2v) is 4.30. The minimum Gasteiger partial charge on any atom is -0.507 e. The average Bonchev–Trinajstić information content (AvgIpc) is 2.05. The summed E-state index contributed by atoms with van der Waals surface area (Å²) in [5.74, 6) is -2.84. The molecule has 1 rings (SSSR count). The Morgan fingerprint density at radius 2 is 1.93 bits per heavy atom. The van der Waals surface area contributed by atoms with Crippen LogP contribution in [0.2, 0.25) is 0 Å². The molecular weight excluding hydrogens is 224 g/mol. The molecule has 15 heavy (non-hydrogen) atoms. The van der Waals surface area contributed by atoms with E-state index in [2.05, 4.69) is 0 Å². The fourth-order valence-electron chi connectivity index (χ4n) is 1.08. The number of benzene rings is 1. The standard InChI is InChI=1S/C8H8O6S/c9-7-5(4-15(12,13)14)2-1-3-6(7)8(10)11/h1-3,9H,4H2,(H,10,11)(H,12,13,14). The number of aromatic hydroxyl groups is 1. The molecule has 0 saturated heterocycles. The molecule has 0 spiro atoms. The van der Waals surface area contributed by atoms with Crippen molar-refractivity contribution in [2.24, 2.45) is 0 Å². The molecule has 82 valence electrons. The second-order valence-electron chi connectivity index (χ2n) is 2.84. The van der Waals surface area contributed by atoms with Crippen molar-refractivity contribution in [2.75, 3.05) is 0 Å². The van der Waals surface area contributed by atoms with Crippen molar-refractivity contribution in [3.8, 4) is 5.75 Å². The highest BCUT2D eigenvalue weighted by Crippen LogP contribution is 2.23. The predicted molar refractivity (Wildman–Crippen MR) is 50.3 cm³/mol. The van der Waals surface area contributed by atoms with E-state index in [0.717, 1.165) is 6.07 Å². The Balaban J connectivity index is 3.22. The molecule has 0 amide bonds. The molecule has 0 heterocycles. The Bertz CT molecular complexity index is 490. The van der Waals surface area contributed by atoms with Gasteiger partial charge in [0, 0.05) is 5.56 Å². The van der Waals surface area contributed by atoms with Gasteiger partial charge in [-0.2, -0.15) is 8.42 Å². The highest BCUT2D eigenvalue weighted by atomic mass is 32.2. The molecule has 0 unspecified atom stereocenters. The van der Waals surface area contributed by atoms with Gasteiger partial charge in [-0.1, -0.05) is 12.1 Å². The SMILES string of the molecule is O=C(O)c1cccc(CS(=O)(=O)O)c1O. The normalized spacial score (nSPS) is 11.3. The number of carbonyl (C=O) groups is 1. The maximum absolute atomic E-state index is 10.6. The monoisotopic (exact) mass is 232 g/mol. The summed E-state index contributed by atoms with van der Waals surface area (Å²) in [4.78, 5) is 10.6. The summed E-state index contributed by atoms with van der Waals surface area (Å²) in [7, 11) is -4.30. The van der Waals surface area contributed by atoms with Gasteiger partial charge in [-0.25, -0.2) is 4.79 Å². The maximum Gasteiger partial charge on any atom is 0.339 e. The number of aromatic carboxylic acids is 1. The van der Waals surface area contributed by atoms with Crippen molar-refractivity contribution in [3.63, 3.8) is 0 Å². The van der Waals surface area contributed by atoms with Gasteiger partial charge in [0.2, 0.25) is 0 Å². The lowest BCUT2D eigenvalue weighted by Crippen LogP contribution is -2.04. The van der Waals surface area contributed by atoms with Crippen LogP contribution < -0.4 is 0 Å². The van der Waals surface area contributed by atoms with Crippen LogP contribution in [-0.2, 0) is 15.9 Å². The number of rotatable bonds is 3. The average molecular weight is 232 g/mol. The fraction of sp³-hybridized carbons (Fsp3) is 0.125. The van der Waals surface area contributed by atoms with Crippen molar-refractivity contribution < 1.29 is 28.0 Å². The Kier molecular flexibility index (Phi) is 2.96. The van der Waals surface area contributed by atoms with E-state index >= 15 is 0 Å². The Morgan fingerprint density at radius 3 is 2.40 bits per heavy atom. The van der Waals surface area contributed by atoms with Gasteiger partial charge in [-0.05, 0) is 6.07 Å². The van der Waals surface area contributed by atoms with E-state index < -0.39 is 33.2 Å². The molecule has 0 aliphatic rings. The lowest BCUT2D eigenvalue weighted by Gasteiger charge is -2.04. The molecule has 1 aromatic carbocycles. The minimum atomic E-state index is -4.30. The molecule has 0 aliphatic heterocycles. The molecule has 0 bridgehead atoms. The van der Waals surface area contributed by atoms with E-state index in [9.17, 15) is 18.3 Å². The lowest BCUT2D eigenvalue weighted by molar-refractivity contribution is 0.0693. The molecule has 7 heteroatoms. The number of hydrogen-bond donors (Lipinski definition) is 3. The quantitative estimate of drug-likeness (QED) is 0.653. The van der Waals surface area contributed by atoms with E-state index in [4.69, 9.17) is 9.66 Å². The summed E-state index contributed by atoms with van der Waals surface area (Å²) in [6, 6.07) is 3.63. The molecule has 0 radical (unpaired) electrons. The molecule has 6 nitrogen and oxygen atoms in total. The van der Waals surface area contributed by atoms with E-state index in [-0.39, 0.29) is 5.56 Å². The third-order valence-corrected chi connectivity index (χ3v) is 2.36. The van der Waals surface area contributed by atoms with Crippen molar-refractivity contribution in [2.45, 2.75) is 5.75 Å². The number of carboxylic acid groups (broad SMARTS) is 1. The van der Waals surface area contributed by atoms with Crippen molar-refractivity contribution in [1.82, 2.24) is 0 Å². The number of phenols is 1. The number of hydrogen-bond acceptors (Lipinski definition) is 4. The summed E-state index contributed by atoms with van der Waals surface area (Å²) in [5, 5.41) is 18.0. The first kappa shape index (κ1) is 11.5. The van der Waals surface area contributed by atoms with Gasteiger partial charge in [0.25, 0.3) is 10.1 Å². The molecule has 0 fully saturated rings. The van der Waals surface area contributed by atoms with Crippen LogP contribution in [-0.4, -0.2) is 29.2 Å². The van der Waals surface area contributed by atoms with Crippen LogP contribution >= 0.6 is 0 Å². The summed E-state index contributed by atoms with van der Waals surface area (Å²) in [5.41, 5.74) is -0.562. The van der Waals surface area contributed by atoms with Gasteiger partial charge in [-0.15, -0.1) is 0 Å². The minimum absolute atomic E-state index is 0.155.